The molecule has 7 heteroatoms. The predicted octanol–water partition coefficient (Wildman–Crippen LogP) is 8.94. The van der Waals surface area contributed by atoms with Crippen LogP contribution in [0.4, 0.5) is 5.82 Å². The number of anilines is 1. The van der Waals surface area contributed by atoms with Crippen LogP contribution in [0.2, 0.25) is 0 Å². The van der Waals surface area contributed by atoms with E-state index in [1.54, 1.807) is 26.2 Å². The number of carbonyl (C=O) groups excluding carboxylic acids is 1. The van der Waals surface area contributed by atoms with Crippen LogP contribution in [-0.4, -0.2) is 54.1 Å². The van der Waals surface area contributed by atoms with E-state index in [2.05, 4.69) is 68.1 Å². The van der Waals surface area contributed by atoms with Gasteiger partial charge in [0, 0.05) is 32.1 Å². The van der Waals surface area contributed by atoms with Crippen molar-refractivity contribution in [3.05, 3.63) is 42.3 Å². The van der Waals surface area contributed by atoms with Crippen molar-refractivity contribution in [3.63, 3.8) is 0 Å². The van der Waals surface area contributed by atoms with Crippen molar-refractivity contribution in [1.82, 2.24) is 14.9 Å². The highest BCUT2D eigenvalue weighted by molar-refractivity contribution is 5.91. The molecule has 1 heterocycles. The number of carbonyl (C=O) groups is 1. The Morgan fingerprint density at radius 3 is 2.15 bits per heavy atom. The normalized spacial score (nSPS) is 13.8. The number of nitrogens with one attached hydrogen (secondary N) is 1. The van der Waals surface area contributed by atoms with Gasteiger partial charge in [0.15, 0.2) is 11.5 Å². The maximum Gasteiger partial charge on any atom is 0.209 e. The number of hydrogen-bond acceptors (Lipinski definition) is 6. The minimum atomic E-state index is 0.0858. The quantitative estimate of drug-likeness (QED) is 0.323. The maximum atomic E-state index is 9.92. The Morgan fingerprint density at radius 2 is 1.71 bits per heavy atom. The number of phenolic OH excluding ortho intramolecular Hbond substituents is 1. The van der Waals surface area contributed by atoms with E-state index in [0.717, 1.165) is 42.6 Å². The monoisotopic (exact) mass is 570 g/mol. The van der Waals surface area contributed by atoms with Crippen LogP contribution in [0, 0.1) is 5.92 Å². The SMILES string of the molecule is CC1CCCCC1.CCC.CCCCC.CN(C)C=O.COc1cc2ncnc(NCC3=CC=CCC3)c2cc1O. The van der Waals surface area contributed by atoms with E-state index in [-0.39, 0.29) is 5.75 Å². The van der Waals surface area contributed by atoms with Gasteiger partial charge in [-0.05, 0) is 24.8 Å². The number of methoxy groups -OCH3 is 1. The number of phenols is 1. The molecule has 2 N–H and O–H groups in total. The molecule has 2 aromatic rings. The summed E-state index contributed by atoms with van der Waals surface area (Å²) in [5.41, 5.74) is 2.07. The molecule has 41 heavy (non-hydrogen) atoms. The van der Waals surface area contributed by atoms with Crippen molar-refractivity contribution in [3.8, 4) is 11.5 Å². The minimum absolute atomic E-state index is 0.0858. The topological polar surface area (TPSA) is 87.6 Å². The number of amides is 1. The molecule has 4 rings (SSSR count). The van der Waals surface area contributed by atoms with Gasteiger partial charge in [-0.3, -0.25) is 4.79 Å². The van der Waals surface area contributed by atoms with Crippen LogP contribution in [0.15, 0.2) is 42.3 Å². The molecule has 232 valence electrons. The summed E-state index contributed by atoms with van der Waals surface area (Å²) in [7, 11) is 4.89. The number of aromatic nitrogens is 2. The molecular formula is C34H58N4O3. The fraction of sp³-hybridized carbons (Fsp3) is 0.618. The molecule has 1 saturated carbocycles. The third-order valence-corrected chi connectivity index (χ3v) is 6.33. The second kappa shape index (κ2) is 24.7. The summed E-state index contributed by atoms with van der Waals surface area (Å²) in [4.78, 5) is 19.4. The number of unbranched alkanes of at least 4 members (excludes halogenated alkanes) is 2. The number of hydrogen-bond donors (Lipinski definition) is 2. The number of rotatable bonds is 7. The summed E-state index contributed by atoms with van der Waals surface area (Å²) in [6.45, 7) is 11.8. The van der Waals surface area contributed by atoms with Crippen LogP contribution in [0.1, 0.15) is 105 Å². The summed E-state index contributed by atoms with van der Waals surface area (Å²) in [6, 6.07) is 3.34. The summed E-state index contributed by atoms with van der Waals surface area (Å²) in [6.07, 6.45) is 23.5. The van der Waals surface area contributed by atoms with Crippen LogP contribution in [0.25, 0.3) is 10.9 Å². The number of aromatic hydroxyl groups is 1. The molecule has 0 bridgehead atoms. The Balaban J connectivity index is 0.000000652. The van der Waals surface area contributed by atoms with Crippen LogP contribution in [0.3, 0.4) is 0 Å². The lowest BCUT2D eigenvalue weighted by Gasteiger charge is -2.15. The third-order valence-electron chi connectivity index (χ3n) is 6.33. The summed E-state index contributed by atoms with van der Waals surface area (Å²) in [5, 5.41) is 14.0. The number of allylic oxidation sites excluding steroid dienone is 3. The largest absolute Gasteiger partial charge is 0.504 e. The first-order valence-electron chi connectivity index (χ1n) is 15.5. The van der Waals surface area contributed by atoms with Gasteiger partial charge >= 0.3 is 0 Å². The second-order valence-corrected chi connectivity index (χ2v) is 10.8. The van der Waals surface area contributed by atoms with Gasteiger partial charge in [-0.1, -0.05) is 116 Å². The van der Waals surface area contributed by atoms with E-state index in [1.165, 1.54) is 81.7 Å². The van der Waals surface area contributed by atoms with Gasteiger partial charge in [0.05, 0.1) is 12.6 Å². The third kappa shape index (κ3) is 18.1. The van der Waals surface area contributed by atoms with Gasteiger partial charge in [0.25, 0.3) is 0 Å². The Morgan fingerprint density at radius 1 is 1.07 bits per heavy atom. The number of benzene rings is 1. The zero-order chi connectivity index (χ0) is 30.9. The molecule has 2 aliphatic carbocycles. The lowest BCUT2D eigenvalue weighted by molar-refractivity contribution is -0.115. The molecule has 0 atom stereocenters. The van der Waals surface area contributed by atoms with Crippen molar-refractivity contribution >= 4 is 23.1 Å². The molecule has 1 amide bonds. The molecular weight excluding hydrogens is 512 g/mol. The molecule has 7 nitrogen and oxygen atoms in total. The smallest absolute Gasteiger partial charge is 0.209 e. The summed E-state index contributed by atoms with van der Waals surface area (Å²) < 4.78 is 5.10. The van der Waals surface area contributed by atoms with Crippen molar-refractivity contribution in [1.29, 1.82) is 0 Å². The number of ether oxygens (including phenoxy) is 1. The second-order valence-electron chi connectivity index (χ2n) is 10.8. The van der Waals surface area contributed by atoms with E-state index < -0.39 is 0 Å². The van der Waals surface area contributed by atoms with Gasteiger partial charge in [0.2, 0.25) is 6.41 Å². The lowest BCUT2D eigenvalue weighted by atomic mass is 9.91. The fourth-order valence-electron chi connectivity index (χ4n) is 4.03. The zero-order valence-corrected chi connectivity index (χ0v) is 27.2. The summed E-state index contributed by atoms with van der Waals surface area (Å²) >= 11 is 0. The summed E-state index contributed by atoms with van der Waals surface area (Å²) in [5.74, 6) is 2.25. The molecule has 2 aliphatic rings. The first-order chi connectivity index (χ1) is 19.8. The van der Waals surface area contributed by atoms with Gasteiger partial charge in [0.1, 0.15) is 12.1 Å². The van der Waals surface area contributed by atoms with Gasteiger partial charge < -0.3 is 20.1 Å². The highest BCUT2D eigenvalue weighted by Gasteiger charge is 2.10. The Hall–Kier alpha value is -3.09. The Labute approximate surface area is 250 Å². The maximum absolute atomic E-state index is 9.92. The van der Waals surface area contributed by atoms with Crippen molar-refractivity contribution < 1.29 is 14.6 Å². The van der Waals surface area contributed by atoms with Crippen LogP contribution in [-0.2, 0) is 4.79 Å². The van der Waals surface area contributed by atoms with Gasteiger partial charge in [-0.15, -0.1) is 0 Å². The first-order valence-corrected chi connectivity index (χ1v) is 15.5. The molecule has 0 spiro atoms. The predicted molar refractivity (Wildman–Crippen MR) is 176 cm³/mol. The first kappa shape index (κ1) is 37.9. The van der Waals surface area contributed by atoms with Gasteiger partial charge in [-0.2, -0.15) is 0 Å². The Bertz CT molecular complexity index is 997. The van der Waals surface area contributed by atoms with Crippen LogP contribution >= 0.6 is 0 Å². The molecule has 1 aromatic heterocycles. The number of nitrogens with zero attached hydrogens (tertiary/aromatic N) is 3. The zero-order valence-electron chi connectivity index (χ0n) is 27.2. The van der Waals surface area contributed by atoms with Crippen molar-refractivity contribution in [2.24, 2.45) is 5.92 Å². The van der Waals surface area contributed by atoms with Crippen molar-refractivity contribution in [2.45, 2.75) is 105 Å². The fourth-order valence-corrected chi connectivity index (χ4v) is 4.03. The minimum Gasteiger partial charge on any atom is -0.504 e. The Kier molecular flexibility index (Phi) is 22.8. The molecule has 1 fully saturated rings. The highest BCUT2D eigenvalue weighted by Crippen LogP contribution is 2.32. The van der Waals surface area contributed by atoms with E-state index >= 15 is 0 Å². The average molecular weight is 571 g/mol. The molecule has 0 saturated heterocycles. The highest BCUT2D eigenvalue weighted by atomic mass is 16.5. The standard InChI is InChI=1S/C16H17N3O2.C7H14.C5H12.C3H7NO.C3H8/c1-21-15-8-13-12(7-14(15)20)16(19-10-18-13)17-9-11-5-3-2-4-6-11;1-7-5-3-2-4-6-7;1-3-5-4-2;1-4(2)3-5;1-3-2/h2-3,5,7-8,10,20H,4,6,9H2,1H3,(H,17,18,19);7H,2-6H2,1H3;3-5H2,1-2H3;3H,1-2H3;3H2,1-2H3. The van der Waals surface area contributed by atoms with E-state index in [0.29, 0.717) is 11.6 Å². The van der Waals surface area contributed by atoms with Crippen LogP contribution < -0.4 is 10.1 Å². The van der Waals surface area contributed by atoms with E-state index in [1.807, 2.05) is 0 Å². The molecule has 1 aromatic carbocycles. The lowest BCUT2D eigenvalue weighted by Crippen LogP contribution is -2.08. The van der Waals surface area contributed by atoms with Crippen molar-refractivity contribution in [2.75, 3.05) is 33.1 Å². The average Bonchev–Trinajstić information content (AvgIpc) is 2.98. The molecule has 0 aliphatic heterocycles. The van der Waals surface area contributed by atoms with E-state index in [9.17, 15) is 9.90 Å². The van der Waals surface area contributed by atoms with Crippen LogP contribution in [0.5, 0.6) is 11.5 Å². The molecule has 0 radical (unpaired) electrons. The van der Waals surface area contributed by atoms with E-state index in [4.69, 9.17) is 4.74 Å². The molecule has 0 unspecified atom stereocenters. The van der Waals surface area contributed by atoms with Gasteiger partial charge in [-0.25, -0.2) is 9.97 Å². The number of fused-ring (bicyclic) bond motifs is 1.